The molecule has 0 radical (unpaired) electrons. The first-order valence-electron chi connectivity index (χ1n) is 7.26. The van der Waals surface area contributed by atoms with Gasteiger partial charge in [0.15, 0.2) is 0 Å². The lowest BCUT2D eigenvalue weighted by molar-refractivity contribution is 0.0933. The Balaban J connectivity index is 2.88. The molecule has 0 aliphatic carbocycles. The molecule has 1 aromatic rings. The van der Waals surface area contributed by atoms with Gasteiger partial charge in [0.05, 0.1) is 0 Å². The van der Waals surface area contributed by atoms with Crippen molar-refractivity contribution < 1.29 is 4.79 Å². The van der Waals surface area contributed by atoms with Gasteiger partial charge in [0.1, 0.15) is 13.8 Å². The van der Waals surface area contributed by atoms with E-state index < -0.39 is 8.07 Å². The molecule has 0 atom stereocenters. The van der Waals surface area contributed by atoms with Gasteiger partial charge in [0.25, 0.3) is 5.91 Å². The lowest BCUT2D eigenvalue weighted by Gasteiger charge is -2.18. The summed E-state index contributed by atoms with van der Waals surface area (Å²) in [5, 5.41) is 2.92. The predicted molar refractivity (Wildman–Crippen MR) is 91.0 cm³/mol. The molecule has 0 aliphatic heterocycles. The molecule has 1 N–H and O–H groups in total. The average molecular weight is 302 g/mol. The molecule has 1 aromatic heterocycles. The Morgan fingerprint density at radius 3 is 2.43 bits per heavy atom. The summed E-state index contributed by atoms with van der Waals surface area (Å²) in [6, 6.07) is 1.94. The monoisotopic (exact) mass is 302 g/mol. The summed E-state index contributed by atoms with van der Waals surface area (Å²) in [5.74, 6) is 3.05. The zero-order valence-electron chi connectivity index (χ0n) is 14.2. The number of hydrogen-bond acceptors (Lipinski definition) is 2. The normalized spacial score (nSPS) is 11.6. The largest absolute Gasteiger partial charge is 0.350 e. The Labute approximate surface area is 129 Å². The maximum atomic E-state index is 12.1. The Morgan fingerprint density at radius 2 is 1.95 bits per heavy atom. The third kappa shape index (κ3) is 6.59. The fourth-order valence-electron chi connectivity index (χ4n) is 1.57. The van der Waals surface area contributed by atoms with Crippen molar-refractivity contribution in [2.24, 2.45) is 5.41 Å². The maximum absolute atomic E-state index is 12.1. The molecular weight excluding hydrogens is 276 g/mol. The van der Waals surface area contributed by atoms with Crippen LogP contribution >= 0.6 is 0 Å². The van der Waals surface area contributed by atoms with Crippen LogP contribution in [0.15, 0.2) is 12.3 Å². The summed E-state index contributed by atoms with van der Waals surface area (Å²) < 4.78 is 0. The molecule has 0 unspecified atom stereocenters. The molecule has 4 heteroatoms. The van der Waals surface area contributed by atoms with E-state index in [2.05, 4.69) is 62.2 Å². The van der Waals surface area contributed by atoms with E-state index in [1.165, 1.54) is 0 Å². The van der Waals surface area contributed by atoms with Crippen LogP contribution in [0.2, 0.25) is 19.6 Å². The lowest BCUT2D eigenvalue weighted by atomic mass is 9.97. The average Bonchev–Trinajstić information content (AvgIpc) is 2.32. The number of rotatable bonds is 2. The minimum Gasteiger partial charge on any atom is -0.350 e. The molecule has 1 amide bonds. The third-order valence-electron chi connectivity index (χ3n) is 2.65. The summed E-state index contributed by atoms with van der Waals surface area (Å²) in [6.07, 6.45) is 1.69. The first kappa shape index (κ1) is 17.4. The summed E-state index contributed by atoms with van der Waals surface area (Å²) in [6.45, 7) is 15.4. The van der Waals surface area contributed by atoms with Crippen LogP contribution in [0.5, 0.6) is 0 Å². The van der Waals surface area contributed by atoms with E-state index in [4.69, 9.17) is 0 Å². The van der Waals surface area contributed by atoms with Crippen molar-refractivity contribution in [3.63, 3.8) is 0 Å². The van der Waals surface area contributed by atoms with Crippen LogP contribution < -0.4 is 5.32 Å². The zero-order valence-corrected chi connectivity index (χ0v) is 15.2. The number of pyridine rings is 1. The minimum atomic E-state index is -1.39. The minimum absolute atomic E-state index is 0.0618. The zero-order chi connectivity index (χ0) is 16.3. The first-order valence-corrected chi connectivity index (χ1v) is 10.8. The van der Waals surface area contributed by atoms with Crippen LogP contribution in [0.3, 0.4) is 0 Å². The van der Waals surface area contributed by atoms with Crippen molar-refractivity contribution in [2.75, 3.05) is 6.54 Å². The van der Waals surface area contributed by atoms with Gasteiger partial charge in [0, 0.05) is 18.3 Å². The summed E-state index contributed by atoms with van der Waals surface area (Å²) in [5.41, 5.74) is 5.60. The van der Waals surface area contributed by atoms with Gasteiger partial charge in [-0.3, -0.25) is 4.79 Å². The Hall–Kier alpha value is -1.60. The highest BCUT2D eigenvalue weighted by atomic mass is 28.3. The van der Waals surface area contributed by atoms with Crippen molar-refractivity contribution in [1.29, 1.82) is 0 Å². The SMILES string of the molecule is Cc1cc(C#C[Si](C)(C)C)cnc1C(=O)NCC(C)(C)C. The second-order valence-electron chi connectivity index (χ2n) is 7.63. The van der Waals surface area contributed by atoms with E-state index in [-0.39, 0.29) is 11.3 Å². The van der Waals surface area contributed by atoms with Crippen LogP contribution in [-0.2, 0) is 0 Å². The lowest BCUT2D eigenvalue weighted by Crippen LogP contribution is -2.33. The topological polar surface area (TPSA) is 42.0 Å². The second kappa shape index (κ2) is 6.44. The standard InChI is InChI=1S/C17H26N2OSi/c1-13-10-14(8-9-21(5,6)7)11-18-15(13)16(20)19-12-17(2,3)4/h10-11H,12H2,1-7H3,(H,19,20). The summed E-state index contributed by atoms with van der Waals surface area (Å²) >= 11 is 0. The number of carbonyl (C=O) groups is 1. The number of aryl methyl sites for hydroxylation is 1. The van der Waals surface area contributed by atoms with Gasteiger partial charge in [-0.1, -0.05) is 46.3 Å². The van der Waals surface area contributed by atoms with Crippen molar-refractivity contribution in [2.45, 2.75) is 47.3 Å². The van der Waals surface area contributed by atoms with Crippen LogP contribution in [0.25, 0.3) is 0 Å². The van der Waals surface area contributed by atoms with Crippen molar-refractivity contribution in [3.8, 4) is 11.5 Å². The fraction of sp³-hybridized carbons (Fsp3) is 0.529. The van der Waals surface area contributed by atoms with Gasteiger partial charge in [-0.05, 0) is 24.0 Å². The van der Waals surface area contributed by atoms with E-state index in [9.17, 15) is 4.79 Å². The highest BCUT2D eigenvalue weighted by Gasteiger charge is 2.15. The van der Waals surface area contributed by atoms with E-state index in [0.717, 1.165) is 11.1 Å². The molecule has 21 heavy (non-hydrogen) atoms. The highest BCUT2D eigenvalue weighted by Crippen LogP contribution is 2.12. The number of amides is 1. The smallest absolute Gasteiger partial charge is 0.270 e. The second-order valence-corrected chi connectivity index (χ2v) is 12.4. The number of carbonyl (C=O) groups excluding carboxylic acids is 1. The first-order chi connectivity index (χ1) is 9.48. The Morgan fingerprint density at radius 1 is 1.33 bits per heavy atom. The van der Waals surface area contributed by atoms with Gasteiger partial charge in [-0.25, -0.2) is 4.98 Å². The van der Waals surface area contributed by atoms with Crippen LogP contribution in [0.4, 0.5) is 0 Å². The van der Waals surface area contributed by atoms with Gasteiger partial charge >= 0.3 is 0 Å². The summed E-state index contributed by atoms with van der Waals surface area (Å²) in [4.78, 5) is 16.4. The van der Waals surface area contributed by atoms with Crippen LogP contribution in [-0.4, -0.2) is 25.5 Å². The molecule has 0 aromatic carbocycles. The molecule has 0 aliphatic rings. The molecule has 0 saturated carbocycles. The van der Waals surface area contributed by atoms with Gasteiger partial charge in [-0.2, -0.15) is 0 Å². The molecule has 114 valence electrons. The molecule has 0 saturated heterocycles. The highest BCUT2D eigenvalue weighted by molar-refractivity contribution is 6.83. The Bertz CT molecular complexity index is 584. The molecule has 3 nitrogen and oxygen atoms in total. The van der Waals surface area contributed by atoms with Crippen molar-refractivity contribution in [1.82, 2.24) is 10.3 Å². The van der Waals surface area contributed by atoms with Gasteiger partial charge < -0.3 is 5.32 Å². The quantitative estimate of drug-likeness (QED) is 0.672. The molecule has 0 bridgehead atoms. The molecule has 1 heterocycles. The van der Waals surface area contributed by atoms with E-state index >= 15 is 0 Å². The fourth-order valence-corrected chi connectivity index (χ4v) is 2.09. The van der Waals surface area contributed by atoms with Gasteiger partial charge in [0.2, 0.25) is 0 Å². The molecule has 1 rings (SSSR count). The predicted octanol–water partition coefficient (Wildman–Crippen LogP) is 3.39. The third-order valence-corrected chi connectivity index (χ3v) is 3.53. The van der Waals surface area contributed by atoms with Crippen LogP contribution in [0, 0.1) is 23.8 Å². The van der Waals surface area contributed by atoms with E-state index in [1.54, 1.807) is 6.20 Å². The van der Waals surface area contributed by atoms with Crippen molar-refractivity contribution >= 4 is 14.0 Å². The molecule has 0 fully saturated rings. The number of nitrogens with zero attached hydrogens (tertiary/aromatic N) is 1. The van der Waals surface area contributed by atoms with Crippen molar-refractivity contribution in [3.05, 3.63) is 29.1 Å². The van der Waals surface area contributed by atoms with Crippen LogP contribution in [0.1, 0.15) is 42.4 Å². The number of nitrogens with one attached hydrogen (secondary N) is 1. The summed E-state index contributed by atoms with van der Waals surface area (Å²) in [7, 11) is -1.39. The van der Waals surface area contributed by atoms with Gasteiger partial charge in [-0.15, -0.1) is 5.54 Å². The molecular formula is C17H26N2OSi. The maximum Gasteiger partial charge on any atom is 0.270 e. The van der Waals surface area contributed by atoms with E-state index in [1.807, 2.05) is 13.0 Å². The number of aromatic nitrogens is 1. The molecule has 0 spiro atoms. The Kier molecular flexibility index (Phi) is 5.35. The number of hydrogen-bond donors (Lipinski definition) is 1. The van der Waals surface area contributed by atoms with E-state index in [0.29, 0.717) is 12.2 Å².